The molecule has 1 saturated carbocycles. The Morgan fingerprint density at radius 1 is 1.12 bits per heavy atom. The van der Waals surface area contributed by atoms with E-state index < -0.39 is 12.0 Å². The number of benzene rings is 1. The molecule has 0 bridgehead atoms. The van der Waals surface area contributed by atoms with Crippen molar-refractivity contribution in [3.63, 3.8) is 0 Å². The molecule has 3 aromatic heterocycles. The van der Waals surface area contributed by atoms with Gasteiger partial charge in [0.05, 0.1) is 22.2 Å². The average Bonchev–Trinajstić information content (AvgIpc) is 3.40. The van der Waals surface area contributed by atoms with E-state index in [4.69, 9.17) is 26.1 Å². The molecule has 1 atom stereocenters. The molecule has 1 saturated heterocycles. The quantitative estimate of drug-likeness (QED) is 0.320. The predicted molar refractivity (Wildman–Crippen MR) is 148 cm³/mol. The Kier molecular flexibility index (Phi) is 6.48. The number of hydrogen-bond donors (Lipinski definition) is 1. The van der Waals surface area contributed by atoms with Gasteiger partial charge >= 0.3 is 5.76 Å². The lowest BCUT2D eigenvalue weighted by Crippen LogP contribution is -2.33. The minimum atomic E-state index is -0.609. The van der Waals surface area contributed by atoms with E-state index in [1.54, 1.807) is 18.5 Å². The third kappa shape index (κ3) is 5.19. The molecular formula is C30H27ClN6O4. The van der Waals surface area contributed by atoms with Crippen LogP contribution in [-0.2, 0) is 13.0 Å². The summed E-state index contributed by atoms with van der Waals surface area (Å²) >= 11 is 5.99. The molecule has 1 aromatic carbocycles. The van der Waals surface area contributed by atoms with Crippen molar-refractivity contribution >= 4 is 11.6 Å². The molecule has 5 heterocycles. The van der Waals surface area contributed by atoms with Gasteiger partial charge in [0.15, 0.2) is 17.3 Å². The van der Waals surface area contributed by atoms with Crippen molar-refractivity contribution in [3.05, 3.63) is 86.9 Å². The van der Waals surface area contributed by atoms with Gasteiger partial charge in [-0.05, 0) is 80.9 Å². The van der Waals surface area contributed by atoms with Crippen molar-refractivity contribution in [2.45, 2.75) is 50.9 Å². The number of pyridine rings is 2. The van der Waals surface area contributed by atoms with Crippen LogP contribution in [0, 0.1) is 16.7 Å². The smallest absolute Gasteiger partial charge is 0.439 e. The second kappa shape index (κ2) is 10.3. The summed E-state index contributed by atoms with van der Waals surface area (Å²) in [6.07, 6.45) is 7.07. The molecular weight excluding hydrogens is 544 g/mol. The van der Waals surface area contributed by atoms with Gasteiger partial charge in [-0.3, -0.25) is 24.4 Å². The van der Waals surface area contributed by atoms with Crippen LogP contribution in [0.2, 0.25) is 5.02 Å². The molecule has 7 rings (SSSR count). The van der Waals surface area contributed by atoms with E-state index in [1.165, 1.54) is 0 Å². The molecule has 0 unspecified atom stereocenters. The van der Waals surface area contributed by atoms with Crippen LogP contribution in [0.1, 0.15) is 60.4 Å². The van der Waals surface area contributed by atoms with Gasteiger partial charge in [0.25, 0.3) is 6.29 Å². The van der Waals surface area contributed by atoms with Crippen LogP contribution < -0.4 is 15.2 Å². The molecule has 1 aliphatic carbocycles. The van der Waals surface area contributed by atoms with E-state index in [1.807, 2.05) is 24.3 Å². The van der Waals surface area contributed by atoms with Crippen molar-refractivity contribution in [2.24, 2.45) is 5.41 Å². The third-order valence-electron chi connectivity index (χ3n) is 8.25. The standard InChI is InChI=1S/C30H27ClN6O4/c31-21-4-5-23(34-15-21)28-39-25-3-1-2-22(26(25)40-28)18-6-10-37(11-7-18)16-24-19(13-30(17-32)8-9-30)12-20(14-33-24)27-35-29(38)41-36-27/h1-5,12,14-15,18,28H,6-11,13,16H2,(H,35,36,38)/t28-/m0/s1. The Balaban J connectivity index is 1.05. The van der Waals surface area contributed by atoms with E-state index in [9.17, 15) is 10.1 Å². The number of para-hydroxylation sites is 1. The van der Waals surface area contributed by atoms with E-state index in [0.29, 0.717) is 41.0 Å². The van der Waals surface area contributed by atoms with Crippen LogP contribution in [0.15, 0.2) is 58.1 Å². The van der Waals surface area contributed by atoms with Gasteiger partial charge in [0.2, 0.25) is 0 Å². The first-order valence-electron chi connectivity index (χ1n) is 13.7. The van der Waals surface area contributed by atoms with E-state index in [-0.39, 0.29) is 5.41 Å². The fourth-order valence-electron chi connectivity index (χ4n) is 5.74. The number of piperidine rings is 1. The highest BCUT2D eigenvalue weighted by Crippen LogP contribution is 2.49. The molecule has 0 radical (unpaired) electrons. The molecule has 0 amide bonds. The Labute approximate surface area is 240 Å². The van der Waals surface area contributed by atoms with Gasteiger partial charge in [0, 0.05) is 30.1 Å². The van der Waals surface area contributed by atoms with Gasteiger partial charge in [-0.15, -0.1) is 0 Å². The van der Waals surface area contributed by atoms with Crippen LogP contribution in [0.5, 0.6) is 11.5 Å². The number of nitrogens with zero attached hydrogens (tertiary/aromatic N) is 5. The number of aromatic amines is 1. The van der Waals surface area contributed by atoms with Gasteiger partial charge < -0.3 is 9.47 Å². The minimum Gasteiger partial charge on any atom is -0.445 e. The number of ether oxygens (including phenoxy) is 2. The summed E-state index contributed by atoms with van der Waals surface area (Å²) in [5.41, 5.74) is 4.16. The minimum absolute atomic E-state index is 0.325. The number of H-pyrrole nitrogens is 1. The summed E-state index contributed by atoms with van der Waals surface area (Å²) in [5.74, 6) is 1.61. The van der Waals surface area contributed by atoms with Crippen molar-refractivity contribution in [2.75, 3.05) is 13.1 Å². The van der Waals surface area contributed by atoms with E-state index >= 15 is 0 Å². The first-order valence-corrected chi connectivity index (χ1v) is 14.1. The highest BCUT2D eigenvalue weighted by molar-refractivity contribution is 6.30. The molecule has 0 spiro atoms. The lowest BCUT2D eigenvalue weighted by Gasteiger charge is -2.32. The van der Waals surface area contributed by atoms with Crippen LogP contribution >= 0.6 is 11.6 Å². The van der Waals surface area contributed by atoms with Crippen LogP contribution in [0.4, 0.5) is 0 Å². The number of fused-ring (bicyclic) bond motifs is 1. The Morgan fingerprint density at radius 2 is 1.98 bits per heavy atom. The maximum atomic E-state index is 11.5. The van der Waals surface area contributed by atoms with Crippen LogP contribution in [-0.4, -0.2) is 38.1 Å². The van der Waals surface area contributed by atoms with E-state index in [2.05, 4.69) is 36.7 Å². The van der Waals surface area contributed by atoms with Crippen molar-refractivity contribution in [1.29, 1.82) is 5.26 Å². The Morgan fingerprint density at radius 3 is 2.68 bits per heavy atom. The average molecular weight is 571 g/mol. The zero-order valence-corrected chi connectivity index (χ0v) is 22.9. The first kappa shape index (κ1) is 25.7. The first-order chi connectivity index (χ1) is 20.0. The topological polar surface area (TPSA) is 130 Å². The van der Waals surface area contributed by atoms with Crippen molar-refractivity contribution in [1.82, 2.24) is 25.0 Å². The Bertz CT molecular complexity index is 1680. The molecule has 10 nitrogen and oxygen atoms in total. The fourth-order valence-corrected chi connectivity index (χ4v) is 5.85. The maximum absolute atomic E-state index is 11.5. The van der Waals surface area contributed by atoms with Crippen molar-refractivity contribution < 1.29 is 14.0 Å². The van der Waals surface area contributed by atoms with Crippen LogP contribution in [0.3, 0.4) is 0 Å². The number of halogens is 1. The molecule has 208 valence electrons. The normalized spacial score (nSPS) is 19.7. The highest BCUT2D eigenvalue weighted by Gasteiger charge is 2.43. The molecule has 3 aliphatic rings. The van der Waals surface area contributed by atoms with E-state index in [0.717, 1.165) is 67.1 Å². The SMILES string of the molecule is N#CC1(Cc2cc(-c3noc(=O)[nH]3)cnc2CN2CCC(c3cccc4c3O[C@@H](c3ccc(Cl)cn3)O4)CC2)CC1. The number of aromatic nitrogens is 4. The van der Waals surface area contributed by atoms with Gasteiger partial charge in [0.1, 0.15) is 5.69 Å². The number of nitriles is 1. The monoisotopic (exact) mass is 570 g/mol. The number of likely N-dealkylation sites (tertiary alicyclic amines) is 1. The fraction of sp³-hybridized carbons (Fsp3) is 0.367. The number of rotatable bonds is 7. The third-order valence-corrected chi connectivity index (χ3v) is 8.48. The predicted octanol–water partition coefficient (Wildman–Crippen LogP) is 5.17. The summed E-state index contributed by atoms with van der Waals surface area (Å²) in [6.45, 7) is 2.50. The number of hydrogen-bond acceptors (Lipinski definition) is 9. The molecule has 4 aromatic rings. The zero-order valence-electron chi connectivity index (χ0n) is 22.2. The molecule has 11 heteroatoms. The molecule has 1 N–H and O–H groups in total. The second-order valence-corrected chi connectivity index (χ2v) is 11.5. The molecule has 2 aliphatic heterocycles. The zero-order chi connectivity index (χ0) is 28.0. The summed E-state index contributed by atoms with van der Waals surface area (Å²) < 4.78 is 17.0. The largest absolute Gasteiger partial charge is 0.445 e. The molecule has 2 fully saturated rings. The molecule has 41 heavy (non-hydrogen) atoms. The van der Waals surface area contributed by atoms with Gasteiger partial charge in [-0.1, -0.05) is 28.9 Å². The summed E-state index contributed by atoms with van der Waals surface area (Å²) in [5, 5.41) is 14.1. The summed E-state index contributed by atoms with van der Waals surface area (Å²) in [4.78, 5) is 25.6. The highest BCUT2D eigenvalue weighted by atomic mass is 35.5. The lowest BCUT2D eigenvalue weighted by molar-refractivity contribution is 0.0439. The van der Waals surface area contributed by atoms with Gasteiger partial charge in [-0.25, -0.2) is 4.79 Å². The summed E-state index contributed by atoms with van der Waals surface area (Å²) in [7, 11) is 0. The van der Waals surface area contributed by atoms with Crippen molar-refractivity contribution in [3.8, 4) is 29.0 Å². The van der Waals surface area contributed by atoms with Crippen LogP contribution in [0.25, 0.3) is 11.4 Å². The Hall–Kier alpha value is -4.20. The summed E-state index contributed by atoms with van der Waals surface area (Å²) in [6, 6.07) is 14.2. The maximum Gasteiger partial charge on any atom is 0.439 e. The van der Waals surface area contributed by atoms with Gasteiger partial charge in [-0.2, -0.15) is 5.26 Å². The lowest BCUT2D eigenvalue weighted by atomic mass is 9.88. The number of nitrogens with one attached hydrogen (secondary N) is 1. The second-order valence-electron chi connectivity index (χ2n) is 11.0.